The Morgan fingerprint density at radius 1 is 1.03 bits per heavy atom. The molecule has 1 aliphatic rings. The Hall–Kier alpha value is -3.78. The topological polar surface area (TPSA) is 95.0 Å². The van der Waals surface area contributed by atoms with E-state index >= 15 is 0 Å². The lowest BCUT2D eigenvalue weighted by Crippen LogP contribution is -2.47. The molecule has 2 heterocycles. The predicted octanol–water partition coefficient (Wildman–Crippen LogP) is 5.00. The van der Waals surface area contributed by atoms with Crippen molar-refractivity contribution in [2.75, 3.05) is 41.3 Å². The number of piperazine rings is 1. The number of rotatable bonds is 7. The van der Waals surface area contributed by atoms with E-state index in [9.17, 15) is 9.59 Å². The molecule has 1 aromatic heterocycles. The van der Waals surface area contributed by atoms with Crippen molar-refractivity contribution in [2.24, 2.45) is 0 Å². The van der Waals surface area contributed by atoms with Crippen LogP contribution in [0.5, 0.6) is 0 Å². The van der Waals surface area contributed by atoms with Gasteiger partial charge in [-0.25, -0.2) is 9.78 Å². The fraction of sp³-hybridized carbons (Fsp3) is 0.269. The number of pyridine rings is 1. The third-order valence-electron chi connectivity index (χ3n) is 5.89. The number of amides is 1. The van der Waals surface area contributed by atoms with Gasteiger partial charge in [0, 0.05) is 48.6 Å². The van der Waals surface area contributed by atoms with Gasteiger partial charge in [0.15, 0.2) is 5.82 Å². The maximum atomic E-state index is 12.6. The first kappa shape index (κ1) is 24.3. The van der Waals surface area contributed by atoms with Crippen LogP contribution in [0.3, 0.4) is 0 Å². The van der Waals surface area contributed by atoms with E-state index in [0.29, 0.717) is 29.6 Å². The molecule has 1 fully saturated rings. The van der Waals surface area contributed by atoms with Crippen molar-refractivity contribution in [3.8, 4) is 0 Å². The molecule has 0 aliphatic carbocycles. The molecular weight excluding hydrogens is 468 g/mol. The van der Waals surface area contributed by atoms with E-state index in [2.05, 4.69) is 20.1 Å². The Labute approximate surface area is 209 Å². The van der Waals surface area contributed by atoms with Gasteiger partial charge in [-0.3, -0.25) is 10.1 Å². The van der Waals surface area contributed by atoms with Gasteiger partial charge >= 0.3 is 12.1 Å². The number of carboxylic acids is 1. The van der Waals surface area contributed by atoms with Gasteiger partial charge in [0.1, 0.15) is 6.10 Å². The summed E-state index contributed by atoms with van der Waals surface area (Å²) in [5, 5.41) is 12.3. The Morgan fingerprint density at radius 3 is 2.40 bits per heavy atom. The Morgan fingerprint density at radius 2 is 1.71 bits per heavy atom. The molecule has 3 aromatic rings. The number of hydrogen-bond donors (Lipinski definition) is 2. The number of aromatic nitrogens is 1. The minimum absolute atomic E-state index is 0.0170. The first-order chi connectivity index (χ1) is 16.9. The quantitative estimate of drug-likeness (QED) is 0.477. The summed E-state index contributed by atoms with van der Waals surface area (Å²) in [5.74, 6) is -0.153. The minimum atomic E-state index is -0.839. The lowest BCUT2D eigenvalue weighted by atomic mass is 10.1. The monoisotopic (exact) mass is 494 g/mol. The average Bonchev–Trinajstić information content (AvgIpc) is 2.85. The van der Waals surface area contributed by atoms with Crippen molar-refractivity contribution < 1.29 is 19.4 Å². The Kier molecular flexibility index (Phi) is 7.72. The van der Waals surface area contributed by atoms with E-state index in [4.69, 9.17) is 21.4 Å². The average molecular weight is 495 g/mol. The molecule has 35 heavy (non-hydrogen) atoms. The molecule has 2 N–H and O–H groups in total. The molecule has 9 heteroatoms. The predicted molar refractivity (Wildman–Crippen MR) is 136 cm³/mol. The van der Waals surface area contributed by atoms with Crippen molar-refractivity contribution in [3.63, 3.8) is 0 Å². The fourth-order valence-electron chi connectivity index (χ4n) is 4.09. The highest BCUT2D eigenvalue weighted by molar-refractivity contribution is 6.31. The van der Waals surface area contributed by atoms with Crippen LogP contribution in [0.2, 0.25) is 5.02 Å². The van der Waals surface area contributed by atoms with Crippen molar-refractivity contribution in [2.45, 2.75) is 19.4 Å². The molecular formula is C26H27ClN4O4. The van der Waals surface area contributed by atoms with Crippen LogP contribution in [0, 0.1) is 0 Å². The van der Waals surface area contributed by atoms with Crippen molar-refractivity contribution >= 4 is 40.9 Å². The van der Waals surface area contributed by atoms with Gasteiger partial charge in [-0.2, -0.15) is 0 Å². The summed E-state index contributed by atoms with van der Waals surface area (Å²) in [6.45, 7) is 4.74. The number of aliphatic carboxylic acids is 1. The summed E-state index contributed by atoms with van der Waals surface area (Å²) in [7, 11) is 0. The van der Waals surface area contributed by atoms with Gasteiger partial charge in [0.25, 0.3) is 0 Å². The lowest BCUT2D eigenvalue weighted by Gasteiger charge is -2.37. The fourth-order valence-corrected chi connectivity index (χ4v) is 4.38. The van der Waals surface area contributed by atoms with Crippen LogP contribution in [0.15, 0.2) is 66.9 Å². The molecule has 182 valence electrons. The maximum absolute atomic E-state index is 12.6. The molecule has 1 saturated heterocycles. The molecule has 0 bridgehead atoms. The smallest absolute Gasteiger partial charge is 0.412 e. The Balaban J connectivity index is 1.36. The van der Waals surface area contributed by atoms with Crippen LogP contribution in [0.4, 0.5) is 22.0 Å². The molecule has 4 rings (SSSR count). The second kappa shape index (κ2) is 11.1. The standard InChI is InChI=1S/C26H27ClN4O4/c1-18(21-5-2-3-6-22(21)27)35-26(34)29-23-7-4-12-28-25(23)31-15-13-30(14-16-31)20-10-8-19(9-11-20)17-24(32)33/h2-12,18H,13-17H2,1H3,(H,29,34)(H,32,33). The van der Waals surface area contributed by atoms with Gasteiger partial charge in [-0.1, -0.05) is 41.9 Å². The second-order valence-electron chi connectivity index (χ2n) is 8.28. The highest BCUT2D eigenvalue weighted by Crippen LogP contribution is 2.28. The lowest BCUT2D eigenvalue weighted by molar-refractivity contribution is -0.136. The van der Waals surface area contributed by atoms with Crippen LogP contribution in [0.1, 0.15) is 24.2 Å². The van der Waals surface area contributed by atoms with Crippen LogP contribution >= 0.6 is 11.6 Å². The molecule has 0 saturated carbocycles. The zero-order valence-electron chi connectivity index (χ0n) is 19.4. The van der Waals surface area contributed by atoms with E-state index < -0.39 is 18.2 Å². The third kappa shape index (κ3) is 6.22. The number of nitrogens with zero attached hydrogens (tertiary/aromatic N) is 3. The van der Waals surface area contributed by atoms with Crippen LogP contribution in [-0.2, 0) is 16.0 Å². The number of carboxylic acid groups (broad SMARTS) is 1. The first-order valence-corrected chi connectivity index (χ1v) is 11.8. The molecule has 1 aliphatic heterocycles. The Bertz CT molecular complexity index is 1180. The van der Waals surface area contributed by atoms with E-state index in [0.717, 1.165) is 29.9 Å². The van der Waals surface area contributed by atoms with Gasteiger partial charge in [0.2, 0.25) is 0 Å². The van der Waals surface area contributed by atoms with Crippen LogP contribution in [0.25, 0.3) is 0 Å². The number of ether oxygens (including phenoxy) is 1. The number of carbonyl (C=O) groups excluding carboxylic acids is 1. The van der Waals surface area contributed by atoms with E-state index in [1.807, 2.05) is 42.5 Å². The number of benzene rings is 2. The SMILES string of the molecule is CC(OC(=O)Nc1cccnc1N1CCN(c2ccc(CC(=O)O)cc2)CC1)c1ccccc1Cl. The highest BCUT2D eigenvalue weighted by Gasteiger charge is 2.22. The van der Waals surface area contributed by atoms with Gasteiger partial charge < -0.3 is 19.6 Å². The second-order valence-corrected chi connectivity index (χ2v) is 8.69. The van der Waals surface area contributed by atoms with Crippen LogP contribution in [-0.4, -0.2) is 48.3 Å². The molecule has 1 atom stereocenters. The van der Waals surface area contributed by atoms with E-state index in [1.165, 1.54) is 0 Å². The summed E-state index contributed by atoms with van der Waals surface area (Å²) < 4.78 is 5.55. The van der Waals surface area contributed by atoms with Crippen LogP contribution < -0.4 is 15.1 Å². The summed E-state index contributed by atoms with van der Waals surface area (Å²) >= 11 is 6.22. The number of carbonyl (C=O) groups is 2. The van der Waals surface area contributed by atoms with Crippen molar-refractivity contribution in [3.05, 3.63) is 83.0 Å². The largest absolute Gasteiger partial charge is 0.481 e. The molecule has 0 spiro atoms. The van der Waals surface area contributed by atoms with Gasteiger partial charge in [-0.05, 0) is 42.8 Å². The number of hydrogen-bond acceptors (Lipinski definition) is 6. The molecule has 1 unspecified atom stereocenters. The van der Waals surface area contributed by atoms with E-state index in [1.54, 1.807) is 31.3 Å². The molecule has 8 nitrogen and oxygen atoms in total. The summed E-state index contributed by atoms with van der Waals surface area (Å²) in [6.07, 6.45) is 0.635. The highest BCUT2D eigenvalue weighted by atomic mass is 35.5. The maximum Gasteiger partial charge on any atom is 0.412 e. The van der Waals surface area contributed by atoms with Gasteiger partial charge in [0.05, 0.1) is 12.1 Å². The van der Waals surface area contributed by atoms with E-state index in [-0.39, 0.29) is 6.42 Å². The number of nitrogens with one attached hydrogen (secondary N) is 1. The number of halogens is 1. The zero-order valence-corrected chi connectivity index (χ0v) is 20.1. The molecule has 0 radical (unpaired) electrons. The molecule has 2 aromatic carbocycles. The molecule has 1 amide bonds. The van der Waals surface area contributed by atoms with Crippen molar-refractivity contribution in [1.82, 2.24) is 4.98 Å². The summed E-state index contributed by atoms with van der Waals surface area (Å²) in [6, 6.07) is 18.5. The summed E-state index contributed by atoms with van der Waals surface area (Å²) in [5.41, 5.74) is 3.15. The zero-order chi connectivity index (χ0) is 24.8. The number of anilines is 3. The van der Waals surface area contributed by atoms with Gasteiger partial charge in [-0.15, -0.1) is 0 Å². The third-order valence-corrected chi connectivity index (χ3v) is 6.23. The first-order valence-electron chi connectivity index (χ1n) is 11.4. The summed E-state index contributed by atoms with van der Waals surface area (Å²) in [4.78, 5) is 32.4. The van der Waals surface area contributed by atoms with Crippen molar-refractivity contribution in [1.29, 1.82) is 0 Å². The minimum Gasteiger partial charge on any atom is -0.481 e. The normalized spacial score (nSPS) is 14.3.